The monoisotopic (exact) mass is 364 g/mol. The summed E-state index contributed by atoms with van der Waals surface area (Å²) in [5, 5.41) is 9.57. The summed E-state index contributed by atoms with van der Waals surface area (Å²) in [6.07, 6.45) is 2.92. The molecule has 2 aromatic carbocycles. The number of benzene rings is 2. The van der Waals surface area contributed by atoms with Crippen LogP contribution in [0.15, 0.2) is 48.7 Å². The Kier molecular flexibility index (Phi) is 5.26. The lowest BCUT2D eigenvalue weighted by molar-refractivity contribution is 0.0974. The zero-order valence-electron chi connectivity index (χ0n) is 16.6. The molecule has 2 N–H and O–H groups in total. The number of hydrogen-bond acceptors (Lipinski definition) is 3. The number of ether oxygens (including phenoxy) is 1. The molecular formula is C23H28N2O2. The summed E-state index contributed by atoms with van der Waals surface area (Å²) in [6, 6.07) is 12.3. The van der Waals surface area contributed by atoms with Gasteiger partial charge < -0.3 is 14.8 Å². The molecule has 0 unspecified atom stereocenters. The van der Waals surface area contributed by atoms with E-state index in [2.05, 4.69) is 49.7 Å². The molecule has 1 heterocycles. The fourth-order valence-electron chi connectivity index (χ4n) is 2.98. The first-order valence-corrected chi connectivity index (χ1v) is 9.37. The largest absolute Gasteiger partial charge is 0.509 e. The highest BCUT2D eigenvalue weighted by Crippen LogP contribution is 2.23. The predicted molar refractivity (Wildman–Crippen MR) is 111 cm³/mol. The van der Waals surface area contributed by atoms with Gasteiger partial charge in [-0.3, -0.25) is 0 Å². The van der Waals surface area contributed by atoms with Gasteiger partial charge in [-0.15, -0.1) is 0 Å². The van der Waals surface area contributed by atoms with Crippen LogP contribution in [0.2, 0.25) is 0 Å². The van der Waals surface area contributed by atoms with Gasteiger partial charge in [0.2, 0.25) is 0 Å². The van der Waals surface area contributed by atoms with E-state index in [0.717, 1.165) is 41.9 Å². The van der Waals surface area contributed by atoms with E-state index in [-0.39, 0.29) is 5.76 Å². The standard InChI is InChI=1S/C23H28N2O2/c1-15-13-20-21(14-16(15)2)25-22(24-20)8-6-7-18-9-11-19(12-10-18)27-23(4,5)17(3)26/h9-14,26H,3,6-8H2,1-2,4-5H3,(H,24,25). The molecule has 0 bridgehead atoms. The van der Waals surface area contributed by atoms with Crippen LogP contribution in [-0.2, 0) is 12.8 Å². The number of aliphatic hydroxyl groups excluding tert-OH is 1. The van der Waals surface area contributed by atoms with E-state index in [4.69, 9.17) is 9.72 Å². The van der Waals surface area contributed by atoms with E-state index >= 15 is 0 Å². The molecule has 0 aliphatic rings. The number of aryl methyl sites for hydroxylation is 4. The second kappa shape index (κ2) is 7.47. The molecule has 142 valence electrons. The first-order valence-electron chi connectivity index (χ1n) is 9.37. The molecule has 0 saturated carbocycles. The zero-order chi connectivity index (χ0) is 19.6. The minimum Gasteiger partial charge on any atom is -0.509 e. The Morgan fingerprint density at radius 1 is 1.11 bits per heavy atom. The Morgan fingerprint density at radius 3 is 2.44 bits per heavy atom. The third-order valence-corrected chi connectivity index (χ3v) is 5.02. The van der Waals surface area contributed by atoms with E-state index < -0.39 is 5.60 Å². The van der Waals surface area contributed by atoms with Crippen LogP contribution in [0.5, 0.6) is 5.75 Å². The Labute approximate surface area is 160 Å². The van der Waals surface area contributed by atoms with Gasteiger partial charge in [0, 0.05) is 6.42 Å². The number of aromatic amines is 1. The summed E-state index contributed by atoms with van der Waals surface area (Å²) < 4.78 is 5.78. The third-order valence-electron chi connectivity index (χ3n) is 5.02. The van der Waals surface area contributed by atoms with E-state index in [1.165, 1.54) is 16.7 Å². The van der Waals surface area contributed by atoms with Crippen molar-refractivity contribution < 1.29 is 9.84 Å². The predicted octanol–water partition coefficient (Wildman–Crippen LogP) is 5.58. The summed E-state index contributed by atoms with van der Waals surface area (Å²) in [5.74, 6) is 1.78. The normalized spacial score (nSPS) is 11.7. The molecule has 1 aromatic heterocycles. The molecule has 0 saturated heterocycles. The molecular weight excluding hydrogens is 336 g/mol. The Bertz CT molecular complexity index is 913. The van der Waals surface area contributed by atoms with Crippen LogP contribution < -0.4 is 4.74 Å². The summed E-state index contributed by atoms with van der Waals surface area (Å²) in [5.41, 5.74) is 5.18. The molecule has 0 aliphatic carbocycles. The van der Waals surface area contributed by atoms with Gasteiger partial charge in [-0.25, -0.2) is 4.98 Å². The first-order chi connectivity index (χ1) is 12.7. The summed E-state index contributed by atoms with van der Waals surface area (Å²) >= 11 is 0. The average Bonchev–Trinajstić information content (AvgIpc) is 2.98. The number of aliphatic hydroxyl groups is 1. The van der Waals surface area contributed by atoms with Crippen LogP contribution in [0.25, 0.3) is 11.0 Å². The maximum atomic E-state index is 9.57. The van der Waals surface area contributed by atoms with E-state index in [1.54, 1.807) is 13.8 Å². The Balaban J connectivity index is 1.57. The summed E-state index contributed by atoms with van der Waals surface area (Å²) in [6.45, 7) is 11.4. The van der Waals surface area contributed by atoms with E-state index in [9.17, 15) is 5.11 Å². The highest BCUT2D eigenvalue weighted by atomic mass is 16.5. The maximum absolute atomic E-state index is 9.57. The molecule has 4 heteroatoms. The van der Waals surface area contributed by atoms with Crippen LogP contribution >= 0.6 is 0 Å². The highest BCUT2D eigenvalue weighted by Gasteiger charge is 2.23. The number of hydrogen-bond donors (Lipinski definition) is 2. The van der Waals surface area contributed by atoms with Crippen molar-refractivity contribution in [2.45, 2.75) is 52.6 Å². The van der Waals surface area contributed by atoms with Crippen molar-refractivity contribution in [2.75, 3.05) is 0 Å². The highest BCUT2D eigenvalue weighted by molar-refractivity contribution is 5.77. The van der Waals surface area contributed by atoms with E-state index in [1.807, 2.05) is 12.1 Å². The molecule has 0 aliphatic heterocycles. The van der Waals surface area contributed by atoms with Gasteiger partial charge >= 0.3 is 0 Å². The SMILES string of the molecule is C=C(O)C(C)(C)Oc1ccc(CCCc2nc3cc(C)c(C)cc3[nH]2)cc1. The number of H-pyrrole nitrogens is 1. The van der Waals surface area contributed by atoms with Gasteiger partial charge in [-0.1, -0.05) is 18.7 Å². The third kappa shape index (κ3) is 4.51. The van der Waals surface area contributed by atoms with Crippen molar-refractivity contribution in [3.63, 3.8) is 0 Å². The molecule has 3 rings (SSSR count). The molecule has 3 aromatic rings. The lowest BCUT2D eigenvalue weighted by Gasteiger charge is -2.25. The van der Waals surface area contributed by atoms with Crippen molar-refractivity contribution in [2.24, 2.45) is 0 Å². The minimum absolute atomic E-state index is 0.0165. The molecule has 27 heavy (non-hydrogen) atoms. The van der Waals surface area contributed by atoms with Gasteiger partial charge in [0.05, 0.1) is 11.0 Å². The van der Waals surface area contributed by atoms with Crippen molar-refractivity contribution in [1.82, 2.24) is 9.97 Å². The topological polar surface area (TPSA) is 58.1 Å². The number of nitrogens with zero attached hydrogens (tertiary/aromatic N) is 1. The summed E-state index contributed by atoms with van der Waals surface area (Å²) in [4.78, 5) is 8.14. The quantitative estimate of drug-likeness (QED) is 0.538. The van der Waals surface area contributed by atoms with Gasteiger partial charge in [-0.05, 0) is 81.5 Å². The number of rotatable bonds is 7. The van der Waals surface area contributed by atoms with Gasteiger partial charge in [0.1, 0.15) is 17.3 Å². The second-order valence-electron chi connectivity index (χ2n) is 7.69. The smallest absolute Gasteiger partial charge is 0.159 e. The molecule has 0 radical (unpaired) electrons. The van der Waals surface area contributed by atoms with Crippen molar-refractivity contribution in [3.05, 3.63) is 71.3 Å². The van der Waals surface area contributed by atoms with Crippen molar-refractivity contribution in [1.29, 1.82) is 0 Å². The number of nitrogens with one attached hydrogen (secondary N) is 1. The average molecular weight is 364 g/mol. The Hall–Kier alpha value is -2.75. The molecule has 4 nitrogen and oxygen atoms in total. The lowest BCUT2D eigenvalue weighted by atomic mass is 10.1. The zero-order valence-corrected chi connectivity index (χ0v) is 16.6. The fraction of sp³-hybridized carbons (Fsp3) is 0.348. The van der Waals surface area contributed by atoms with Crippen molar-refractivity contribution >= 4 is 11.0 Å². The Morgan fingerprint density at radius 2 is 1.78 bits per heavy atom. The van der Waals surface area contributed by atoms with Crippen LogP contribution in [0.4, 0.5) is 0 Å². The second-order valence-corrected chi connectivity index (χ2v) is 7.69. The van der Waals surface area contributed by atoms with Crippen LogP contribution in [0.3, 0.4) is 0 Å². The first kappa shape index (κ1) is 19.0. The number of fused-ring (bicyclic) bond motifs is 1. The molecule has 0 atom stereocenters. The van der Waals surface area contributed by atoms with Crippen molar-refractivity contribution in [3.8, 4) is 5.75 Å². The number of aromatic nitrogens is 2. The lowest BCUT2D eigenvalue weighted by Crippen LogP contribution is -2.30. The maximum Gasteiger partial charge on any atom is 0.159 e. The molecule has 0 amide bonds. The molecule has 0 spiro atoms. The minimum atomic E-state index is -0.792. The molecule has 0 fully saturated rings. The van der Waals surface area contributed by atoms with E-state index in [0.29, 0.717) is 0 Å². The van der Waals surface area contributed by atoms with Gasteiger partial charge in [0.25, 0.3) is 0 Å². The summed E-state index contributed by atoms with van der Waals surface area (Å²) in [7, 11) is 0. The van der Waals surface area contributed by atoms with Crippen LogP contribution in [0, 0.1) is 13.8 Å². The van der Waals surface area contributed by atoms with Crippen LogP contribution in [-0.4, -0.2) is 20.7 Å². The fourth-order valence-corrected chi connectivity index (χ4v) is 2.98. The number of imidazole rings is 1. The van der Waals surface area contributed by atoms with Gasteiger partial charge in [0.15, 0.2) is 5.60 Å². The van der Waals surface area contributed by atoms with Gasteiger partial charge in [-0.2, -0.15) is 0 Å². The van der Waals surface area contributed by atoms with Crippen LogP contribution in [0.1, 0.15) is 42.8 Å².